The van der Waals surface area contributed by atoms with Crippen LogP contribution in [0.3, 0.4) is 0 Å². The zero-order chi connectivity index (χ0) is 31.3. The van der Waals surface area contributed by atoms with Crippen LogP contribution in [-0.4, -0.2) is 15.0 Å². The van der Waals surface area contributed by atoms with Crippen LogP contribution in [0.1, 0.15) is 125 Å². The second-order valence-corrected chi connectivity index (χ2v) is 14.3. The summed E-state index contributed by atoms with van der Waals surface area (Å²) >= 11 is 0. The van der Waals surface area contributed by atoms with Crippen LogP contribution in [0.25, 0.3) is 17.0 Å². The first-order valence-corrected chi connectivity index (χ1v) is 17.9. The molecule has 3 atom stereocenters. The Balaban J connectivity index is 1.20. The van der Waals surface area contributed by atoms with Crippen molar-refractivity contribution in [2.45, 2.75) is 102 Å². The van der Waals surface area contributed by atoms with E-state index >= 15 is 0 Å². The molecule has 7 rings (SSSR count). The minimum Gasteiger partial charge on any atom is -0.217 e. The van der Waals surface area contributed by atoms with Gasteiger partial charge in [-0.3, -0.25) is 0 Å². The van der Waals surface area contributed by atoms with Crippen molar-refractivity contribution in [1.82, 2.24) is 15.0 Å². The van der Waals surface area contributed by atoms with E-state index in [1.807, 2.05) is 0 Å². The van der Waals surface area contributed by atoms with E-state index in [-0.39, 0.29) is 5.41 Å². The first-order valence-electron chi connectivity index (χ1n) is 17.9. The average Bonchev–Trinajstić information content (AvgIpc) is 3.12. The fourth-order valence-corrected chi connectivity index (χ4v) is 8.63. The summed E-state index contributed by atoms with van der Waals surface area (Å²) in [5.41, 5.74) is 6.73. The molecule has 0 aliphatic heterocycles. The maximum Gasteiger partial charge on any atom is 0.163 e. The van der Waals surface area contributed by atoms with Gasteiger partial charge in [-0.15, -0.1) is 0 Å². The van der Waals surface area contributed by atoms with Crippen LogP contribution >= 0.6 is 0 Å². The summed E-state index contributed by atoms with van der Waals surface area (Å²) in [5, 5.41) is 0. The van der Waals surface area contributed by atoms with Gasteiger partial charge in [0.15, 0.2) is 5.82 Å². The van der Waals surface area contributed by atoms with Crippen LogP contribution in [-0.2, 0) is 0 Å². The quantitative estimate of drug-likeness (QED) is 0.198. The van der Waals surface area contributed by atoms with Gasteiger partial charge in [-0.05, 0) is 104 Å². The fraction of sp³-hybridized carbons (Fsp3) is 0.419. The van der Waals surface area contributed by atoms with E-state index in [0.29, 0.717) is 23.7 Å². The van der Waals surface area contributed by atoms with Gasteiger partial charge in [-0.2, -0.15) is 0 Å². The zero-order valence-electron chi connectivity index (χ0n) is 27.7. The molecule has 46 heavy (non-hydrogen) atoms. The maximum atomic E-state index is 5.39. The molecular weight excluding hydrogens is 558 g/mol. The van der Waals surface area contributed by atoms with Gasteiger partial charge < -0.3 is 0 Å². The highest BCUT2D eigenvalue weighted by atomic mass is 15.0. The molecule has 4 aliphatic rings. The molecule has 1 aromatic heterocycles. The molecule has 2 fully saturated rings. The normalized spacial score (nSPS) is 28.2. The Labute approximate surface area is 276 Å². The molecule has 236 valence electrons. The summed E-state index contributed by atoms with van der Waals surface area (Å²) < 4.78 is 0. The minimum absolute atomic E-state index is 0.219. The Kier molecular flexibility index (Phi) is 9.28. The molecule has 0 saturated heterocycles. The molecule has 1 heterocycles. The summed E-state index contributed by atoms with van der Waals surface area (Å²) in [6.45, 7) is 4.57. The summed E-state index contributed by atoms with van der Waals surface area (Å²) in [7, 11) is 0. The van der Waals surface area contributed by atoms with Crippen molar-refractivity contribution < 1.29 is 0 Å². The first kappa shape index (κ1) is 30.8. The predicted octanol–water partition coefficient (Wildman–Crippen LogP) is 11.5. The Morgan fingerprint density at radius 3 is 2.35 bits per heavy atom. The van der Waals surface area contributed by atoms with Crippen molar-refractivity contribution >= 4 is 5.57 Å². The predicted molar refractivity (Wildman–Crippen MR) is 191 cm³/mol. The highest BCUT2D eigenvalue weighted by Gasteiger charge is 2.45. The third-order valence-corrected chi connectivity index (χ3v) is 11.4. The van der Waals surface area contributed by atoms with Gasteiger partial charge in [0.25, 0.3) is 0 Å². The lowest BCUT2D eigenvalue weighted by Crippen LogP contribution is -2.38. The van der Waals surface area contributed by atoms with E-state index in [1.54, 1.807) is 0 Å². The number of aromatic nitrogens is 3. The van der Waals surface area contributed by atoms with Crippen molar-refractivity contribution in [1.29, 1.82) is 0 Å². The average molecular weight is 608 g/mol. The lowest BCUT2D eigenvalue weighted by atomic mass is 9.57. The van der Waals surface area contributed by atoms with Crippen LogP contribution in [0, 0.1) is 11.3 Å². The number of nitrogens with zero attached hydrogens (tertiary/aromatic N) is 3. The van der Waals surface area contributed by atoms with E-state index in [1.165, 1.54) is 60.8 Å². The maximum absolute atomic E-state index is 5.39. The molecule has 2 unspecified atom stereocenters. The van der Waals surface area contributed by atoms with Gasteiger partial charge in [0.1, 0.15) is 11.6 Å². The monoisotopic (exact) mass is 607 g/mol. The molecule has 2 saturated carbocycles. The number of allylic oxidation sites excluding steroid dienone is 10. The molecule has 0 bridgehead atoms. The smallest absolute Gasteiger partial charge is 0.163 e. The summed E-state index contributed by atoms with van der Waals surface area (Å²) in [6.07, 6.45) is 31.2. The molecular formula is C43H49N3. The third kappa shape index (κ3) is 6.52. The lowest BCUT2D eigenvalue weighted by Gasteiger charge is -2.47. The second kappa shape index (κ2) is 13.9. The van der Waals surface area contributed by atoms with Gasteiger partial charge in [-0.25, -0.2) is 15.0 Å². The summed E-state index contributed by atoms with van der Waals surface area (Å²) in [5.74, 6) is 4.90. The van der Waals surface area contributed by atoms with Crippen molar-refractivity contribution in [3.05, 3.63) is 132 Å². The zero-order valence-corrected chi connectivity index (χ0v) is 27.7. The molecule has 0 amide bonds. The second-order valence-electron chi connectivity index (χ2n) is 14.3. The summed E-state index contributed by atoms with van der Waals surface area (Å²) in [4.78, 5) is 16.0. The standard InChI is InChI=1S/C43H49N3/c1-3-4-6-13-31-14-11-17-37(30-31)34-23-27-36(28-24-34)41-44-40(35-25-21-33(22-26-35)32-15-7-5-8-16-32)45-42(46-41)39-20-12-19-38-18-9-10-29-43(38,39)2/h3-8,12-13,15-17,19,23-24,27-28,30,33,35,38-39H,9-11,14,18,20-22,25-26,29H2,1-2H3/b4-3-,13-6-/t33?,35?,38?,39?,43-/m0/s1. The van der Waals surface area contributed by atoms with Crippen LogP contribution < -0.4 is 0 Å². The van der Waals surface area contributed by atoms with Gasteiger partial charge >= 0.3 is 0 Å². The lowest BCUT2D eigenvalue weighted by molar-refractivity contribution is 0.0992. The molecule has 3 heteroatoms. The van der Waals surface area contributed by atoms with Crippen molar-refractivity contribution in [2.75, 3.05) is 0 Å². The van der Waals surface area contributed by atoms with E-state index in [0.717, 1.165) is 55.1 Å². The van der Waals surface area contributed by atoms with Gasteiger partial charge in [-0.1, -0.05) is 123 Å². The number of hydrogen-bond donors (Lipinski definition) is 0. The third-order valence-electron chi connectivity index (χ3n) is 11.4. The Morgan fingerprint density at radius 1 is 0.783 bits per heavy atom. The highest BCUT2D eigenvalue weighted by Crippen LogP contribution is 2.54. The largest absolute Gasteiger partial charge is 0.217 e. The van der Waals surface area contributed by atoms with Crippen molar-refractivity contribution in [2.24, 2.45) is 11.3 Å². The number of benzene rings is 2. The van der Waals surface area contributed by atoms with Crippen LogP contribution in [0.15, 0.2) is 109 Å². The van der Waals surface area contributed by atoms with E-state index in [4.69, 9.17) is 15.0 Å². The van der Waals surface area contributed by atoms with Gasteiger partial charge in [0.2, 0.25) is 0 Å². The van der Waals surface area contributed by atoms with Crippen LogP contribution in [0.5, 0.6) is 0 Å². The van der Waals surface area contributed by atoms with Crippen molar-refractivity contribution in [3.63, 3.8) is 0 Å². The Morgan fingerprint density at radius 2 is 1.54 bits per heavy atom. The molecule has 3 aromatic rings. The Hall–Kier alpha value is -3.85. The number of rotatable bonds is 7. The molecule has 0 N–H and O–H groups in total. The first-order chi connectivity index (χ1) is 22.6. The molecule has 4 aliphatic carbocycles. The summed E-state index contributed by atoms with van der Waals surface area (Å²) in [6, 6.07) is 20.0. The molecule has 0 spiro atoms. The molecule has 2 aromatic carbocycles. The fourth-order valence-electron chi connectivity index (χ4n) is 8.63. The Bertz CT molecular complexity index is 1650. The van der Waals surface area contributed by atoms with Gasteiger partial charge in [0, 0.05) is 17.4 Å². The molecule has 3 nitrogen and oxygen atoms in total. The van der Waals surface area contributed by atoms with Crippen LogP contribution in [0.4, 0.5) is 0 Å². The number of hydrogen-bond acceptors (Lipinski definition) is 3. The topological polar surface area (TPSA) is 38.7 Å². The van der Waals surface area contributed by atoms with E-state index in [9.17, 15) is 0 Å². The minimum atomic E-state index is 0.219. The van der Waals surface area contributed by atoms with Crippen molar-refractivity contribution in [3.8, 4) is 11.4 Å². The SMILES string of the molecule is C/C=C\C=C/C1=CC(c2ccc(-c3nc(C4CCC(c5ccccc5)CC4)nc(C4CC=CC5CCCC[C@@]54C)n3)cc2)=CCC1. The van der Waals surface area contributed by atoms with E-state index < -0.39 is 0 Å². The highest BCUT2D eigenvalue weighted by molar-refractivity contribution is 5.77. The number of fused-ring (bicyclic) bond motifs is 1. The van der Waals surface area contributed by atoms with E-state index in [2.05, 4.69) is 117 Å². The van der Waals surface area contributed by atoms with Gasteiger partial charge in [0.05, 0.1) is 0 Å². The molecule has 0 radical (unpaired) electrons. The van der Waals surface area contributed by atoms with Crippen LogP contribution in [0.2, 0.25) is 0 Å².